The fraction of sp³-hybridized carbons (Fsp3) is 0.472. The molecule has 0 radical (unpaired) electrons. The molecule has 3 aromatic carbocycles. The molecule has 230 valence electrons. The Labute approximate surface area is 254 Å². The third-order valence-corrected chi connectivity index (χ3v) is 8.62. The first kappa shape index (κ1) is 30.9. The number of aryl methyl sites for hydroxylation is 2. The van der Waals surface area contributed by atoms with Crippen LogP contribution >= 0.6 is 0 Å². The predicted octanol–water partition coefficient (Wildman–Crippen LogP) is 7.87. The van der Waals surface area contributed by atoms with Gasteiger partial charge in [0.2, 0.25) is 0 Å². The van der Waals surface area contributed by atoms with Crippen molar-refractivity contribution in [2.24, 2.45) is 5.41 Å². The van der Waals surface area contributed by atoms with Gasteiger partial charge in [-0.2, -0.15) is 0 Å². The molecule has 1 heterocycles. The van der Waals surface area contributed by atoms with Crippen LogP contribution in [0, 0.1) is 25.1 Å². The lowest BCUT2D eigenvalue weighted by Crippen LogP contribution is -2.33. The number of carboxylic acids is 1. The van der Waals surface area contributed by atoms with Crippen molar-refractivity contribution in [2.45, 2.75) is 78.4 Å². The third-order valence-electron chi connectivity index (χ3n) is 8.62. The second-order valence-corrected chi connectivity index (χ2v) is 13.2. The smallest absolute Gasteiger partial charge is 0.304 e. The number of carboxylic acid groups (broad SMARTS) is 1. The summed E-state index contributed by atoms with van der Waals surface area (Å²) in [7, 11) is 4.14. The number of aliphatic carboxylic acids is 1. The highest BCUT2D eigenvalue weighted by molar-refractivity contribution is 5.76. The highest BCUT2D eigenvalue weighted by Crippen LogP contribution is 2.46. The number of fused-ring (bicyclic) bond motifs is 2. The first-order chi connectivity index (χ1) is 20.4. The van der Waals surface area contributed by atoms with Gasteiger partial charge in [-0.3, -0.25) is 4.79 Å². The summed E-state index contributed by atoms with van der Waals surface area (Å²) >= 11 is 0. The molecular weight excluding hydrogens is 545 g/mol. The van der Waals surface area contributed by atoms with E-state index in [0.29, 0.717) is 42.9 Å². The average Bonchev–Trinajstić information content (AvgIpc) is 3.49. The molecule has 1 aliphatic carbocycles. The maximum absolute atomic E-state index is 15.4. The van der Waals surface area contributed by atoms with E-state index in [2.05, 4.69) is 58.8 Å². The summed E-state index contributed by atoms with van der Waals surface area (Å²) in [5, 5.41) is 9.38. The van der Waals surface area contributed by atoms with E-state index in [9.17, 15) is 9.90 Å². The van der Waals surface area contributed by atoms with Crippen molar-refractivity contribution in [1.29, 1.82) is 0 Å². The first-order valence-corrected chi connectivity index (χ1v) is 15.3. The molecule has 0 fully saturated rings. The lowest BCUT2D eigenvalue weighted by molar-refractivity contribution is -0.137. The van der Waals surface area contributed by atoms with Crippen LogP contribution < -0.4 is 14.2 Å². The normalized spacial score (nSPS) is 19.2. The number of ether oxygens (including phenoxy) is 3. The van der Waals surface area contributed by atoms with Gasteiger partial charge in [-0.15, -0.1) is 0 Å². The van der Waals surface area contributed by atoms with Crippen LogP contribution in [0.1, 0.15) is 79.9 Å². The monoisotopic (exact) mass is 589 g/mol. The van der Waals surface area contributed by atoms with Gasteiger partial charge in [-0.05, 0) is 99.3 Å². The number of carbonyl (C=O) groups is 1. The molecule has 0 saturated carbocycles. The number of rotatable bonds is 11. The summed E-state index contributed by atoms with van der Waals surface area (Å²) in [5.41, 5.74) is 6.84. The van der Waals surface area contributed by atoms with E-state index >= 15 is 4.39 Å². The van der Waals surface area contributed by atoms with Gasteiger partial charge in [0.1, 0.15) is 35.3 Å². The van der Waals surface area contributed by atoms with E-state index in [1.807, 2.05) is 31.2 Å². The van der Waals surface area contributed by atoms with Crippen molar-refractivity contribution in [3.63, 3.8) is 0 Å². The zero-order chi connectivity index (χ0) is 31.1. The van der Waals surface area contributed by atoms with Gasteiger partial charge >= 0.3 is 5.97 Å². The Kier molecular flexibility index (Phi) is 8.75. The number of hydrogen-bond acceptors (Lipinski definition) is 5. The largest absolute Gasteiger partial charge is 0.493 e. The molecular formula is C36H44FNO5. The molecule has 2 aliphatic rings. The molecule has 3 atom stereocenters. The van der Waals surface area contributed by atoms with Gasteiger partial charge in [0, 0.05) is 35.1 Å². The van der Waals surface area contributed by atoms with Gasteiger partial charge in [0.25, 0.3) is 0 Å². The SMILES string of the molecule is CC[C@H]1Oc2cc(O[C@H]3CCc4c(-c5c(C)cc(OCC(C)(C)CN(C)C)cc5C)ccc(F)c43)ccc2C1CC(=O)O. The van der Waals surface area contributed by atoms with Crippen molar-refractivity contribution in [1.82, 2.24) is 4.90 Å². The Balaban J connectivity index is 1.38. The van der Waals surface area contributed by atoms with Crippen LogP contribution in [0.15, 0.2) is 42.5 Å². The summed E-state index contributed by atoms with van der Waals surface area (Å²) < 4.78 is 34.2. The summed E-state index contributed by atoms with van der Waals surface area (Å²) in [6.45, 7) is 12.1. The van der Waals surface area contributed by atoms with Crippen LogP contribution in [0.25, 0.3) is 11.1 Å². The average molecular weight is 590 g/mol. The lowest BCUT2D eigenvalue weighted by Gasteiger charge is -2.28. The number of nitrogens with zero attached hydrogens (tertiary/aromatic N) is 1. The summed E-state index contributed by atoms with van der Waals surface area (Å²) in [5.74, 6) is 0.808. The van der Waals surface area contributed by atoms with Crippen molar-refractivity contribution in [3.05, 3.63) is 76.1 Å². The zero-order valence-electron chi connectivity index (χ0n) is 26.4. The molecule has 3 aromatic rings. The van der Waals surface area contributed by atoms with Crippen LogP contribution in [0.2, 0.25) is 0 Å². The number of halogens is 1. The number of benzene rings is 3. The minimum atomic E-state index is -0.842. The van der Waals surface area contributed by atoms with Gasteiger partial charge in [0.15, 0.2) is 0 Å². The molecule has 7 heteroatoms. The Bertz CT molecular complexity index is 1490. The summed E-state index contributed by atoms with van der Waals surface area (Å²) in [4.78, 5) is 13.6. The molecule has 1 aliphatic heterocycles. The summed E-state index contributed by atoms with van der Waals surface area (Å²) in [6.07, 6.45) is 1.52. The fourth-order valence-electron chi connectivity index (χ4n) is 7.04. The van der Waals surface area contributed by atoms with E-state index in [1.165, 1.54) is 0 Å². The molecule has 0 amide bonds. The maximum atomic E-state index is 15.4. The summed E-state index contributed by atoms with van der Waals surface area (Å²) in [6, 6.07) is 13.2. The number of hydrogen-bond donors (Lipinski definition) is 1. The minimum Gasteiger partial charge on any atom is -0.493 e. The highest BCUT2D eigenvalue weighted by atomic mass is 19.1. The Morgan fingerprint density at radius 2 is 1.81 bits per heavy atom. The van der Waals surface area contributed by atoms with Gasteiger partial charge in [0.05, 0.1) is 13.0 Å². The third kappa shape index (κ3) is 6.52. The standard InChI is InChI=1S/C36H44FNO5/c1-8-30-28(18-33(39)40)25-10-9-23(17-32(25)43-30)42-31-14-12-27-26(11-13-29(37)35(27)31)34-21(2)15-24(16-22(34)3)41-20-36(4,5)19-38(6)7/h9-11,13,15-17,28,30-31H,8,12,14,18-20H2,1-7H3,(H,39,40)/t28?,30-,31+/m1/s1. The molecule has 5 rings (SSSR count). The van der Waals surface area contributed by atoms with E-state index in [-0.39, 0.29) is 29.7 Å². The van der Waals surface area contributed by atoms with E-state index in [0.717, 1.165) is 45.7 Å². The topological polar surface area (TPSA) is 68.2 Å². The Morgan fingerprint density at radius 3 is 2.47 bits per heavy atom. The van der Waals surface area contributed by atoms with E-state index < -0.39 is 12.1 Å². The van der Waals surface area contributed by atoms with Gasteiger partial charge < -0.3 is 24.2 Å². The van der Waals surface area contributed by atoms with Crippen LogP contribution in [-0.4, -0.2) is 49.3 Å². The minimum absolute atomic E-state index is 0.0135. The molecule has 0 bridgehead atoms. The van der Waals surface area contributed by atoms with Crippen molar-refractivity contribution < 1.29 is 28.5 Å². The van der Waals surface area contributed by atoms with Gasteiger partial charge in [-0.1, -0.05) is 32.9 Å². The quantitative estimate of drug-likeness (QED) is 0.246. The van der Waals surface area contributed by atoms with E-state index in [1.54, 1.807) is 6.07 Å². The van der Waals surface area contributed by atoms with Crippen LogP contribution in [-0.2, 0) is 11.2 Å². The fourth-order valence-corrected chi connectivity index (χ4v) is 7.04. The van der Waals surface area contributed by atoms with Crippen molar-refractivity contribution in [2.75, 3.05) is 27.2 Å². The molecule has 1 unspecified atom stereocenters. The van der Waals surface area contributed by atoms with Crippen LogP contribution in [0.5, 0.6) is 17.2 Å². The lowest BCUT2D eigenvalue weighted by atomic mass is 9.90. The molecule has 6 nitrogen and oxygen atoms in total. The second kappa shape index (κ2) is 12.2. The van der Waals surface area contributed by atoms with Crippen LogP contribution in [0.4, 0.5) is 4.39 Å². The van der Waals surface area contributed by atoms with Crippen molar-refractivity contribution in [3.8, 4) is 28.4 Å². The van der Waals surface area contributed by atoms with Gasteiger partial charge in [-0.25, -0.2) is 4.39 Å². The van der Waals surface area contributed by atoms with Crippen molar-refractivity contribution >= 4 is 5.97 Å². The second-order valence-electron chi connectivity index (χ2n) is 13.2. The first-order valence-electron chi connectivity index (χ1n) is 15.3. The molecule has 43 heavy (non-hydrogen) atoms. The molecule has 0 spiro atoms. The Morgan fingerprint density at radius 1 is 1.09 bits per heavy atom. The molecule has 0 aromatic heterocycles. The van der Waals surface area contributed by atoms with E-state index in [4.69, 9.17) is 14.2 Å². The predicted molar refractivity (Wildman–Crippen MR) is 167 cm³/mol. The zero-order valence-corrected chi connectivity index (χ0v) is 26.4. The maximum Gasteiger partial charge on any atom is 0.304 e. The van der Waals surface area contributed by atoms with Crippen LogP contribution in [0.3, 0.4) is 0 Å². The molecule has 1 N–H and O–H groups in total. The Hall–Kier alpha value is -3.58. The highest BCUT2D eigenvalue weighted by Gasteiger charge is 2.36. The molecule has 0 saturated heterocycles.